The van der Waals surface area contributed by atoms with Crippen molar-refractivity contribution in [2.45, 2.75) is 39.8 Å². The predicted octanol–water partition coefficient (Wildman–Crippen LogP) is 3.49. The van der Waals surface area contributed by atoms with Crippen molar-refractivity contribution < 1.29 is 4.74 Å². The number of benzene rings is 1. The Morgan fingerprint density at radius 3 is 2.19 bits per heavy atom. The Bertz CT molecular complexity index is 340. The molecule has 1 aromatic rings. The summed E-state index contributed by atoms with van der Waals surface area (Å²) in [6.45, 7) is 8.76. The van der Waals surface area contributed by atoms with Crippen LogP contribution in [0.1, 0.15) is 36.6 Å². The highest BCUT2D eigenvalue weighted by Crippen LogP contribution is 2.25. The first-order chi connectivity index (χ1) is 7.41. The third-order valence-electron chi connectivity index (χ3n) is 2.50. The van der Waals surface area contributed by atoms with Crippen molar-refractivity contribution in [3.63, 3.8) is 0 Å². The minimum absolute atomic E-state index is 0.0482. The quantitative estimate of drug-likeness (QED) is 0.919. The largest absolute Gasteiger partial charge is 0.377 e. The maximum atomic E-state index is 6.09. The van der Waals surface area contributed by atoms with Gasteiger partial charge in [-0.3, -0.25) is 0 Å². The van der Waals surface area contributed by atoms with E-state index in [1.807, 2.05) is 13.8 Å². The van der Waals surface area contributed by atoms with Crippen molar-refractivity contribution in [3.05, 3.63) is 33.3 Å². The summed E-state index contributed by atoms with van der Waals surface area (Å²) in [5, 5.41) is 0. The monoisotopic (exact) mass is 285 g/mol. The van der Waals surface area contributed by atoms with Crippen LogP contribution in [-0.2, 0) is 4.74 Å². The first-order valence-corrected chi connectivity index (χ1v) is 6.35. The average molecular weight is 286 g/mol. The van der Waals surface area contributed by atoms with E-state index < -0.39 is 0 Å². The van der Waals surface area contributed by atoms with Crippen LogP contribution in [0.4, 0.5) is 0 Å². The molecule has 3 heteroatoms. The van der Waals surface area contributed by atoms with E-state index in [9.17, 15) is 0 Å². The molecule has 90 valence electrons. The highest BCUT2D eigenvalue weighted by Gasteiger charge is 2.10. The number of ether oxygens (including phenoxy) is 1. The average Bonchev–Trinajstić information content (AvgIpc) is 2.21. The van der Waals surface area contributed by atoms with Crippen LogP contribution in [0.5, 0.6) is 0 Å². The fourth-order valence-electron chi connectivity index (χ4n) is 1.59. The van der Waals surface area contributed by atoms with Crippen LogP contribution in [0, 0.1) is 13.8 Å². The van der Waals surface area contributed by atoms with Gasteiger partial charge in [0, 0.05) is 4.47 Å². The van der Waals surface area contributed by atoms with E-state index in [-0.39, 0.29) is 12.1 Å². The molecule has 0 saturated carbocycles. The summed E-state index contributed by atoms with van der Waals surface area (Å²) < 4.78 is 6.69. The molecule has 0 aliphatic heterocycles. The maximum absolute atomic E-state index is 6.09. The summed E-state index contributed by atoms with van der Waals surface area (Å²) in [5.41, 5.74) is 9.66. The van der Waals surface area contributed by atoms with Crippen LogP contribution in [-0.4, -0.2) is 12.7 Å². The van der Waals surface area contributed by atoms with Crippen LogP contribution in [0.2, 0.25) is 0 Å². The molecule has 0 radical (unpaired) electrons. The minimum Gasteiger partial charge on any atom is -0.377 e. The Morgan fingerprint density at radius 2 is 1.75 bits per heavy atom. The van der Waals surface area contributed by atoms with Gasteiger partial charge in [-0.1, -0.05) is 28.1 Å². The van der Waals surface area contributed by atoms with Crippen LogP contribution in [0.15, 0.2) is 16.6 Å². The van der Waals surface area contributed by atoms with E-state index in [1.165, 1.54) is 11.1 Å². The van der Waals surface area contributed by atoms with Gasteiger partial charge in [-0.15, -0.1) is 0 Å². The molecule has 2 N–H and O–H groups in total. The summed E-state index contributed by atoms with van der Waals surface area (Å²) >= 11 is 3.55. The normalized spacial score (nSPS) is 13.2. The van der Waals surface area contributed by atoms with Crippen molar-refractivity contribution >= 4 is 15.9 Å². The van der Waals surface area contributed by atoms with Gasteiger partial charge in [0.15, 0.2) is 0 Å². The lowest BCUT2D eigenvalue weighted by atomic mass is 10.0. The number of nitrogens with two attached hydrogens (primary N) is 1. The Hall–Kier alpha value is -0.380. The summed E-state index contributed by atoms with van der Waals surface area (Å²) in [5.74, 6) is 0. The SMILES string of the molecule is Cc1cc(C(N)COC(C)C)cc(C)c1Br. The smallest absolute Gasteiger partial charge is 0.0662 e. The van der Waals surface area contributed by atoms with Crippen LogP contribution >= 0.6 is 15.9 Å². The number of hydrogen-bond acceptors (Lipinski definition) is 2. The topological polar surface area (TPSA) is 35.2 Å². The van der Waals surface area contributed by atoms with Gasteiger partial charge in [0.2, 0.25) is 0 Å². The van der Waals surface area contributed by atoms with E-state index in [2.05, 4.69) is 41.9 Å². The van der Waals surface area contributed by atoms with Gasteiger partial charge in [-0.05, 0) is 44.4 Å². The van der Waals surface area contributed by atoms with E-state index >= 15 is 0 Å². The summed E-state index contributed by atoms with van der Waals surface area (Å²) in [4.78, 5) is 0. The second-order valence-electron chi connectivity index (χ2n) is 4.46. The number of hydrogen-bond donors (Lipinski definition) is 1. The van der Waals surface area contributed by atoms with Crippen molar-refractivity contribution in [1.29, 1.82) is 0 Å². The predicted molar refractivity (Wildman–Crippen MR) is 71.6 cm³/mol. The minimum atomic E-state index is -0.0482. The molecule has 0 heterocycles. The summed E-state index contributed by atoms with van der Waals surface area (Å²) in [6.07, 6.45) is 0.226. The maximum Gasteiger partial charge on any atom is 0.0662 e. The van der Waals surface area contributed by atoms with E-state index in [0.717, 1.165) is 10.0 Å². The van der Waals surface area contributed by atoms with Crippen molar-refractivity contribution in [2.75, 3.05) is 6.61 Å². The molecule has 1 aromatic carbocycles. The highest BCUT2D eigenvalue weighted by molar-refractivity contribution is 9.10. The lowest BCUT2D eigenvalue weighted by molar-refractivity contribution is 0.0683. The van der Waals surface area contributed by atoms with Crippen molar-refractivity contribution in [1.82, 2.24) is 0 Å². The molecule has 0 bridgehead atoms. The third kappa shape index (κ3) is 3.58. The fourth-order valence-corrected chi connectivity index (χ4v) is 1.81. The third-order valence-corrected chi connectivity index (χ3v) is 3.75. The molecule has 2 nitrogen and oxygen atoms in total. The first-order valence-electron chi connectivity index (χ1n) is 5.55. The van der Waals surface area contributed by atoms with Gasteiger partial charge in [0.25, 0.3) is 0 Å². The van der Waals surface area contributed by atoms with E-state index in [0.29, 0.717) is 6.61 Å². The standard InChI is InChI=1S/C13H20BrNO/c1-8(2)16-7-12(15)11-5-9(3)13(14)10(4)6-11/h5-6,8,12H,7,15H2,1-4H3. The Labute approximate surface area is 106 Å². The molecule has 0 aliphatic carbocycles. The fraction of sp³-hybridized carbons (Fsp3) is 0.538. The number of aryl methyl sites for hydroxylation is 2. The van der Waals surface area contributed by atoms with Gasteiger partial charge in [-0.25, -0.2) is 0 Å². The molecular formula is C13H20BrNO. The zero-order valence-corrected chi connectivity index (χ0v) is 12.0. The Balaban J connectivity index is 2.80. The van der Waals surface area contributed by atoms with Gasteiger partial charge in [0.1, 0.15) is 0 Å². The zero-order chi connectivity index (χ0) is 12.3. The Kier molecular flexibility index (Phi) is 4.96. The molecule has 1 rings (SSSR count). The second-order valence-corrected chi connectivity index (χ2v) is 5.25. The molecule has 0 saturated heterocycles. The van der Waals surface area contributed by atoms with E-state index in [4.69, 9.17) is 10.5 Å². The molecule has 1 unspecified atom stereocenters. The first kappa shape index (κ1) is 13.7. The van der Waals surface area contributed by atoms with Gasteiger partial charge >= 0.3 is 0 Å². The molecule has 0 spiro atoms. The van der Waals surface area contributed by atoms with Crippen molar-refractivity contribution in [2.24, 2.45) is 5.73 Å². The van der Waals surface area contributed by atoms with Gasteiger partial charge < -0.3 is 10.5 Å². The second kappa shape index (κ2) is 5.80. The van der Waals surface area contributed by atoms with E-state index in [1.54, 1.807) is 0 Å². The van der Waals surface area contributed by atoms with Gasteiger partial charge in [0.05, 0.1) is 18.8 Å². The number of rotatable bonds is 4. The van der Waals surface area contributed by atoms with Gasteiger partial charge in [-0.2, -0.15) is 0 Å². The van der Waals surface area contributed by atoms with Crippen LogP contribution in [0.25, 0.3) is 0 Å². The summed E-state index contributed by atoms with van der Waals surface area (Å²) in [6, 6.07) is 4.18. The Morgan fingerprint density at radius 1 is 1.25 bits per heavy atom. The summed E-state index contributed by atoms with van der Waals surface area (Å²) in [7, 11) is 0. The molecule has 16 heavy (non-hydrogen) atoms. The lowest BCUT2D eigenvalue weighted by Crippen LogP contribution is -2.19. The zero-order valence-electron chi connectivity index (χ0n) is 10.4. The van der Waals surface area contributed by atoms with Crippen molar-refractivity contribution in [3.8, 4) is 0 Å². The molecule has 0 fully saturated rings. The molecular weight excluding hydrogens is 266 g/mol. The number of halogens is 1. The van der Waals surface area contributed by atoms with Crippen LogP contribution in [0.3, 0.4) is 0 Å². The molecule has 0 amide bonds. The molecule has 0 aliphatic rings. The molecule has 0 aromatic heterocycles. The van der Waals surface area contributed by atoms with Crippen LogP contribution < -0.4 is 5.73 Å². The lowest BCUT2D eigenvalue weighted by Gasteiger charge is -2.16. The molecule has 1 atom stereocenters. The highest BCUT2D eigenvalue weighted by atomic mass is 79.9.